The summed E-state index contributed by atoms with van der Waals surface area (Å²) < 4.78 is 0. The maximum Gasteiger partial charge on any atom is 0.0462 e. The van der Waals surface area contributed by atoms with Gasteiger partial charge in [0.05, 0.1) is 0 Å². The highest BCUT2D eigenvalue weighted by atomic mass is 15.1. The van der Waals surface area contributed by atoms with Crippen molar-refractivity contribution >= 4 is 17.1 Å². The molecule has 0 aliphatic carbocycles. The Morgan fingerprint density at radius 2 is 0.833 bits per heavy atom. The summed E-state index contributed by atoms with van der Waals surface area (Å²) in [6.07, 6.45) is 1.11. The predicted molar refractivity (Wildman–Crippen MR) is 206 cm³/mol. The molecule has 0 saturated carbocycles. The van der Waals surface area contributed by atoms with E-state index in [1.165, 1.54) is 55.6 Å². The molecule has 0 bridgehead atoms. The van der Waals surface area contributed by atoms with Crippen LogP contribution in [0.1, 0.15) is 37.3 Å². The minimum Gasteiger partial charge on any atom is -0.311 e. The van der Waals surface area contributed by atoms with Crippen molar-refractivity contribution in [3.63, 3.8) is 0 Å². The van der Waals surface area contributed by atoms with E-state index in [9.17, 15) is 0 Å². The molecule has 0 aromatic heterocycles. The molecule has 7 rings (SSSR count). The lowest BCUT2D eigenvalue weighted by atomic mass is 9.86. The lowest BCUT2D eigenvalue weighted by Gasteiger charge is -2.26. The zero-order valence-corrected chi connectivity index (χ0v) is 28.0. The van der Waals surface area contributed by atoms with Gasteiger partial charge in [-0.25, -0.2) is 0 Å². The van der Waals surface area contributed by atoms with Gasteiger partial charge in [0.1, 0.15) is 0 Å². The van der Waals surface area contributed by atoms with E-state index < -0.39 is 0 Å². The van der Waals surface area contributed by atoms with Gasteiger partial charge in [0.15, 0.2) is 0 Å². The zero-order valence-electron chi connectivity index (χ0n) is 28.0. The Balaban J connectivity index is 1.20. The van der Waals surface area contributed by atoms with Crippen molar-refractivity contribution in [2.45, 2.75) is 33.1 Å². The number of nitrogens with zero attached hydrogens (tertiary/aromatic N) is 1. The summed E-state index contributed by atoms with van der Waals surface area (Å²) in [7, 11) is 0. The molecule has 0 heterocycles. The highest BCUT2D eigenvalue weighted by Crippen LogP contribution is 2.39. The molecule has 0 aliphatic rings. The monoisotopic (exact) mass is 619 g/mol. The SMILES string of the molecule is CCC(C)c1ccc(-c2ccc(N(c3ccccc3)c3ccc(-c4ccc(-c5ccccc5)cc4)cc3)cc2)cc1-c1ccccc1C. The van der Waals surface area contributed by atoms with Crippen LogP contribution in [0.25, 0.3) is 44.5 Å². The van der Waals surface area contributed by atoms with Gasteiger partial charge in [-0.1, -0.05) is 147 Å². The Labute approximate surface area is 285 Å². The van der Waals surface area contributed by atoms with Gasteiger partial charge in [0.2, 0.25) is 0 Å². The van der Waals surface area contributed by atoms with E-state index >= 15 is 0 Å². The highest BCUT2D eigenvalue weighted by molar-refractivity contribution is 5.82. The number of para-hydroxylation sites is 1. The van der Waals surface area contributed by atoms with E-state index in [0.29, 0.717) is 5.92 Å². The maximum absolute atomic E-state index is 2.39. The largest absolute Gasteiger partial charge is 0.311 e. The molecule has 0 spiro atoms. The van der Waals surface area contributed by atoms with E-state index in [1.54, 1.807) is 0 Å². The number of benzene rings is 7. The predicted octanol–water partition coefficient (Wildman–Crippen LogP) is 13.6. The molecular weight excluding hydrogens is 579 g/mol. The average molecular weight is 620 g/mol. The lowest BCUT2D eigenvalue weighted by Crippen LogP contribution is -2.09. The number of rotatable bonds is 9. The number of aryl methyl sites for hydroxylation is 1. The Morgan fingerprint density at radius 1 is 0.417 bits per heavy atom. The summed E-state index contributed by atoms with van der Waals surface area (Å²) in [5.41, 5.74) is 16.1. The van der Waals surface area contributed by atoms with Crippen molar-refractivity contribution in [1.29, 1.82) is 0 Å². The van der Waals surface area contributed by atoms with Gasteiger partial charge < -0.3 is 4.90 Å². The molecule has 234 valence electrons. The van der Waals surface area contributed by atoms with Crippen LogP contribution in [0.4, 0.5) is 17.1 Å². The quantitative estimate of drug-likeness (QED) is 0.155. The second-order valence-electron chi connectivity index (χ2n) is 12.6. The number of anilines is 3. The van der Waals surface area contributed by atoms with Crippen molar-refractivity contribution in [3.8, 4) is 44.5 Å². The minimum atomic E-state index is 0.496. The zero-order chi connectivity index (χ0) is 32.9. The third-order valence-corrected chi connectivity index (χ3v) is 9.56. The molecular formula is C47H41N. The van der Waals surface area contributed by atoms with E-state index in [-0.39, 0.29) is 0 Å². The lowest BCUT2D eigenvalue weighted by molar-refractivity contribution is 0.735. The van der Waals surface area contributed by atoms with Gasteiger partial charge in [-0.2, -0.15) is 0 Å². The van der Waals surface area contributed by atoms with Crippen LogP contribution in [-0.2, 0) is 0 Å². The molecule has 0 radical (unpaired) electrons. The number of hydrogen-bond acceptors (Lipinski definition) is 1. The first-order valence-corrected chi connectivity index (χ1v) is 17.0. The molecule has 0 amide bonds. The second kappa shape index (κ2) is 14.0. The highest BCUT2D eigenvalue weighted by Gasteiger charge is 2.16. The molecule has 1 unspecified atom stereocenters. The summed E-state index contributed by atoms with van der Waals surface area (Å²) in [5, 5.41) is 0. The second-order valence-corrected chi connectivity index (χ2v) is 12.6. The van der Waals surface area contributed by atoms with Gasteiger partial charge in [-0.05, 0) is 117 Å². The van der Waals surface area contributed by atoms with Gasteiger partial charge in [0, 0.05) is 17.1 Å². The average Bonchev–Trinajstić information content (AvgIpc) is 3.16. The number of hydrogen-bond donors (Lipinski definition) is 0. The summed E-state index contributed by atoms with van der Waals surface area (Å²) in [6.45, 7) is 6.82. The molecule has 7 aromatic rings. The van der Waals surface area contributed by atoms with Crippen molar-refractivity contribution in [3.05, 3.63) is 187 Å². The Hall–Kier alpha value is -5.66. The molecule has 0 N–H and O–H groups in total. The smallest absolute Gasteiger partial charge is 0.0462 e. The standard InChI is InChI=1S/C47H41N/c1-4-34(2)46-32-27-41(33-47(46)45-18-12-11-13-35(45)3)40-25-30-44(31-26-40)48(42-16-9-6-10-17-42)43-28-23-39(24-29-43)38-21-19-37(20-22-38)36-14-7-5-8-15-36/h5-34H,4H2,1-3H3. The Kier molecular flexibility index (Phi) is 9.03. The maximum atomic E-state index is 2.39. The van der Waals surface area contributed by atoms with E-state index in [1.807, 2.05) is 0 Å². The van der Waals surface area contributed by atoms with Gasteiger partial charge in [-0.15, -0.1) is 0 Å². The third-order valence-electron chi connectivity index (χ3n) is 9.56. The van der Waals surface area contributed by atoms with Gasteiger partial charge >= 0.3 is 0 Å². The molecule has 0 aliphatic heterocycles. The molecule has 1 heteroatoms. The molecule has 1 atom stereocenters. The summed E-state index contributed by atoms with van der Waals surface area (Å²) in [4.78, 5) is 2.33. The van der Waals surface area contributed by atoms with E-state index in [0.717, 1.165) is 23.5 Å². The normalized spacial score (nSPS) is 11.6. The molecule has 0 fully saturated rings. The summed E-state index contributed by atoms with van der Waals surface area (Å²) >= 11 is 0. The van der Waals surface area contributed by atoms with E-state index in [2.05, 4.69) is 202 Å². The van der Waals surface area contributed by atoms with Crippen LogP contribution in [0.3, 0.4) is 0 Å². The molecule has 1 nitrogen and oxygen atoms in total. The first-order chi connectivity index (χ1) is 23.6. The van der Waals surface area contributed by atoms with Crippen molar-refractivity contribution < 1.29 is 0 Å². The summed E-state index contributed by atoms with van der Waals surface area (Å²) in [6, 6.07) is 63.7. The van der Waals surface area contributed by atoms with Crippen LogP contribution in [0.5, 0.6) is 0 Å². The fourth-order valence-corrected chi connectivity index (χ4v) is 6.61. The Bertz CT molecular complexity index is 2090. The fraction of sp³-hybridized carbons (Fsp3) is 0.106. The van der Waals surface area contributed by atoms with Crippen LogP contribution < -0.4 is 4.90 Å². The van der Waals surface area contributed by atoms with Crippen molar-refractivity contribution in [1.82, 2.24) is 0 Å². The van der Waals surface area contributed by atoms with Crippen LogP contribution in [0.15, 0.2) is 176 Å². The molecule has 7 aromatic carbocycles. The van der Waals surface area contributed by atoms with Crippen LogP contribution in [-0.4, -0.2) is 0 Å². The van der Waals surface area contributed by atoms with Gasteiger partial charge in [-0.3, -0.25) is 0 Å². The molecule has 48 heavy (non-hydrogen) atoms. The van der Waals surface area contributed by atoms with Gasteiger partial charge in [0.25, 0.3) is 0 Å². The first-order valence-electron chi connectivity index (χ1n) is 17.0. The fourth-order valence-electron chi connectivity index (χ4n) is 6.61. The topological polar surface area (TPSA) is 3.24 Å². The summed E-state index contributed by atoms with van der Waals surface area (Å²) in [5.74, 6) is 0.496. The van der Waals surface area contributed by atoms with Crippen LogP contribution >= 0.6 is 0 Å². The molecule has 0 saturated heterocycles. The Morgan fingerprint density at radius 3 is 1.38 bits per heavy atom. The first kappa shape index (κ1) is 31.0. The van der Waals surface area contributed by atoms with Crippen LogP contribution in [0.2, 0.25) is 0 Å². The van der Waals surface area contributed by atoms with Crippen molar-refractivity contribution in [2.24, 2.45) is 0 Å². The van der Waals surface area contributed by atoms with Crippen molar-refractivity contribution in [2.75, 3.05) is 4.90 Å². The third kappa shape index (κ3) is 6.46. The van der Waals surface area contributed by atoms with Crippen LogP contribution in [0, 0.1) is 6.92 Å². The minimum absolute atomic E-state index is 0.496. The van der Waals surface area contributed by atoms with E-state index in [4.69, 9.17) is 0 Å².